The van der Waals surface area contributed by atoms with Gasteiger partial charge in [0.25, 0.3) is 10.0 Å². The van der Waals surface area contributed by atoms with E-state index in [0.29, 0.717) is 17.1 Å². The summed E-state index contributed by atoms with van der Waals surface area (Å²) in [6.07, 6.45) is 0.289. The molecule has 0 saturated heterocycles. The second-order valence-corrected chi connectivity index (χ2v) is 12.0. The molecule has 0 spiro atoms. The summed E-state index contributed by atoms with van der Waals surface area (Å²) in [6.45, 7) is 3.29. The summed E-state index contributed by atoms with van der Waals surface area (Å²) in [5, 5.41) is 3.73. The van der Waals surface area contributed by atoms with Crippen LogP contribution in [-0.4, -0.2) is 44.3 Å². The van der Waals surface area contributed by atoms with Crippen LogP contribution in [0.5, 0.6) is 0 Å². The van der Waals surface area contributed by atoms with Crippen LogP contribution in [0, 0.1) is 0 Å². The summed E-state index contributed by atoms with van der Waals surface area (Å²) in [6, 6.07) is 16.0. The maximum absolute atomic E-state index is 13.9. The van der Waals surface area contributed by atoms with Crippen molar-refractivity contribution in [2.75, 3.05) is 17.4 Å². The minimum Gasteiger partial charge on any atom is -0.355 e. The molecule has 1 unspecified atom stereocenters. The number of hydrogen-bond acceptors (Lipinski definition) is 4. The highest BCUT2D eigenvalue weighted by molar-refractivity contribution is 7.92. The van der Waals surface area contributed by atoms with E-state index in [1.54, 1.807) is 50.2 Å². The Morgan fingerprint density at radius 1 is 0.846 bits per heavy atom. The van der Waals surface area contributed by atoms with Crippen LogP contribution in [0.15, 0.2) is 71.6 Å². The monoisotopic (exact) mass is 629 g/mol. The van der Waals surface area contributed by atoms with Crippen LogP contribution in [-0.2, 0) is 26.2 Å². The Balaban J connectivity index is 2.08. The molecule has 0 aliphatic rings. The number of nitrogens with zero attached hydrogens (tertiary/aromatic N) is 2. The highest BCUT2D eigenvalue weighted by Gasteiger charge is 2.33. The van der Waals surface area contributed by atoms with E-state index in [9.17, 15) is 18.0 Å². The molecule has 12 heteroatoms. The fraction of sp³-hybridized carbons (Fsp3) is 0.259. The van der Waals surface area contributed by atoms with Crippen molar-refractivity contribution in [1.29, 1.82) is 0 Å². The largest absolute Gasteiger partial charge is 0.355 e. The topological polar surface area (TPSA) is 86.8 Å². The smallest absolute Gasteiger partial charge is 0.264 e. The lowest BCUT2D eigenvalue weighted by Crippen LogP contribution is -2.52. The fourth-order valence-corrected chi connectivity index (χ4v) is 5.97. The van der Waals surface area contributed by atoms with Gasteiger partial charge < -0.3 is 10.2 Å². The molecule has 3 rings (SSSR count). The summed E-state index contributed by atoms with van der Waals surface area (Å²) < 4.78 is 28.5. The van der Waals surface area contributed by atoms with Crippen LogP contribution < -0.4 is 9.62 Å². The van der Waals surface area contributed by atoms with Crippen molar-refractivity contribution < 1.29 is 18.0 Å². The van der Waals surface area contributed by atoms with Crippen molar-refractivity contribution in [1.82, 2.24) is 10.2 Å². The molecule has 1 N–H and O–H groups in total. The summed E-state index contributed by atoms with van der Waals surface area (Å²) in [5.74, 6) is -0.967. The highest BCUT2D eigenvalue weighted by Crippen LogP contribution is 2.31. The molecule has 0 heterocycles. The van der Waals surface area contributed by atoms with E-state index in [0.717, 1.165) is 4.31 Å². The number of carbonyl (C=O) groups excluding carboxylic acids is 2. The summed E-state index contributed by atoms with van der Waals surface area (Å²) in [4.78, 5) is 28.2. The Bertz CT molecular complexity index is 1440. The first kappa shape index (κ1) is 31.0. The van der Waals surface area contributed by atoms with Gasteiger partial charge in [-0.3, -0.25) is 13.9 Å². The molecule has 0 fully saturated rings. The number of amides is 2. The molecule has 208 valence electrons. The first-order valence-corrected chi connectivity index (χ1v) is 15.0. The van der Waals surface area contributed by atoms with Crippen LogP contribution >= 0.6 is 46.4 Å². The molecule has 0 saturated carbocycles. The van der Waals surface area contributed by atoms with Gasteiger partial charge in [-0.2, -0.15) is 0 Å². The Morgan fingerprint density at radius 2 is 1.46 bits per heavy atom. The second kappa shape index (κ2) is 13.7. The lowest BCUT2D eigenvalue weighted by atomic mass is 10.1. The number of sulfonamides is 1. The van der Waals surface area contributed by atoms with E-state index < -0.39 is 28.5 Å². The van der Waals surface area contributed by atoms with E-state index in [1.807, 2.05) is 0 Å². The van der Waals surface area contributed by atoms with Crippen molar-refractivity contribution >= 4 is 73.9 Å². The minimum atomic E-state index is -4.22. The molecule has 2 amide bonds. The van der Waals surface area contributed by atoms with Gasteiger partial charge in [0.15, 0.2) is 0 Å². The quantitative estimate of drug-likeness (QED) is 0.264. The zero-order chi connectivity index (χ0) is 28.7. The molecule has 0 bridgehead atoms. The van der Waals surface area contributed by atoms with Gasteiger partial charge >= 0.3 is 0 Å². The van der Waals surface area contributed by atoms with Gasteiger partial charge in [-0.25, -0.2) is 8.42 Å². The zero-order valence-corrected chi connectivity index (χ0v) is 25.0. The lowest BCUT2D eigenvalue weighted by Gasteiger charge is -2.33. The van der Waals surface area contributed by atoms with Gasteiger partial charge in [0.05, 0.1) is 30.7 Å². The number of nitrogens with one attached hydrogen (secondary N) is 1. The number of likely N-dealkylation sites (N-methyl/N-ethyl adjacent to an activating group) is 1. The lowest BCUT2D eigenvalue weighted by molar-refractivity contribution is -0.140. The molecule has 0 radical (unpaired) electrons. The van der Waals surface area contributed by atoms with Gasteiger partial charge in [0, 0.05) is 13.1 Å². The minimum absolute atomic E-state index is 0.00797. The molecule has 3 aromatic carbocycles. The maximum Gasteiger partial charge on any atom is 0.264 e. The summed E-state index contributed by atoms with van der Waals surface area (Å²) in [5.41, 5.74) is 0.759. The van der Waals surface area contributed by atoms with Crippen molar-refractivity contribution in [3.05, 3.63) is 92.4 Å². The summed E-state index contributed by atoms with van der Waals surface area (Å²) in [7, 11) is -4.22. The van der Waals surface area contributed by atoms with Crippen LogP contribution in [0.25, 0.3) is 0 Å². The predicted octanol–water partition coefficient (Wildman–Crippen LogP) is 6.44. The molecule has 0 aliphatic heterocycles. The zero-order valence-electron chi connectivity index (χ0n) is 21.2. The van der Waals surface area contributed by atoms with Crippen LogP contribution in [0.2, 0.25) is 20.1 Å². The third kappa shape index (κ3) is 7.58. The van der Waals surface area contributed by atoms with Crippen LogP contribution in [0.3, 0.4) is 0 Å². The van der Waals surface area contributed by atoms with E-state index in [-0.39, 0.29) is 44.5 Å². The van der Waals surface area contributed by atoms with E-state index in [4.69, 9.17) is 46.4 Å². The highest BCUT2D eigenvalue weighted by atomic mass is 35.5. The first-order chi connectivity index (χ1) is 18.5. The number of carbonyl (C=O) groups is 2. The third-order valence-electron chi connectivity index (χ3n) is 5.88. The van der Waals surface area contributed by atoms with E-state index in [2.05, 4.69) is 5.32 Å². The average molecular weight is 631 g/mol. The predicted molar refractivity (Wildman–Crippen MR) is 157 cm³/mol. The molecule has 1 atom stereocenters. The number of anilines is 1. The Kier molecular flexibility index (Phi) is 10.9. The summed E-state index contributed by atoms with van der Waals surface area (Å²) >= 11 is 24.5. The molecule has 39 heavy (non-hydrogen) atoms. The number of rotatable bonds is 11. The maximum atomic E-state index is 13.9. The molecular weight excluding hydrogens is 604 g/mol. The number of hydrogen-bond donors (Lipinski definition) is 1. The Morgan fingerprint density at radius 3 is 2.03 bits per heavy atom. The first-order valence-electron chi connectivity index (χ1n) is 12.0. The van der Waals surface area contributed by atoms with E-state index >= 15 is 0 Å². The third-order valence-corrected chi connectivity index (χ3v) is 9.14. The molecule has 0 aromatic heterocycles. The second-order valence-electron chi connectivity index (χ2n) is 8.51. The molecule has 7 nitrogen and oxygen atoms in total. The molecular formula is C27H27Cl4N3O4S. The van der Waals surface area contributed by atoms with Crippen molar-refractivity contribution in [3.8, 4) is 0 Å². The SMILES string of the molecule is CCNC(=O)C(CC)N(Cc1ccc(Cl)c(Cl)c1)C(=O)CN(c1ccc(Cl)c(Cl)c1)S(=O)(=O)c1ccccc1. The van der Waals surface area contributed by atoms with E-state index in [1.165, 1.54) is 35.2 Å². The standard InChI is InChI=1S/C27H27Cl4N3O4S/c1-3-25(27(36)32-4-2)33(16-18-10-12-21(28)23(30)14-18)26(35)17-34(19-11-13-22(29)24(31)15-19)39(37,38)20-8-6-5-7-9-20/h5-15,25H,3-4,16-17H2,1-2H3,(H,32,36). The van der Waals surface area contributed by atoms with Gasteiger partial charge in [-0.1, -0.05) is 77.6 Å². The molecule has 3 aromatic rings. The van der Waals surface area contributed by atoms with Gasteiger partial charge in [0.1, 0.15) is 12.6 Å². The fourth-order valence-electron chi connectivity index (χ4n) is 3.93. The average Bonchev–Trinajstić information content (AvgIpc) is 2.91. The number of benzene rings is 3. The Labute approximate surface area is 248 Å². The normalized spacial score (nSPS) is 12.1. The van der Waals surface area contributed by atoms with Crippen molar-refractivity contribution in [3.63, 3.8) is 0 Å². The van der Waals surface area contributed by atoms with Gasteiger partial charge in [-0.05, 0) is 61.4 Å². The van der Waals surface area contributed by atoms with Gasteiger partial charge in [-0.15, -0.1) is 0 Å². The van der Waals surface area contributed by atoms with Crippen LogP contribution in [0.1, 0.15) is 25.8 Å². The Hall–Kier alpha value is -2.49. The van der Waals surface area contributed by atoms with Crippen molar-refractivity contribution in [2.45, 2.75) is 37.8 Å². The van der Waals surface area contributed by atoms with Crippen LogP contribution in [0.4, 0.5) is 5.69 Å². The molecule has 0 aliphatic carbocycles. The van der Waals surface area contributed by atoms with Crippen molar-refractivity contribution in [2.24, 2.45) is 0 Å². The number of halogens is 4. The van der Waals surface area contributed by atoms with Gasteiger partial charge in [0.2, 0.25) is 11.8 Å².